The van der Waals surface area contributed by atoms with E-state index in [0.717, 1.165) is 12.8 Å². The molecule has 0 aliphatic carbocycles. The molecule has 0 unspecified atom stereocenters. The molecule has 1 rings (SSSR count). The first-order valence-electron chi connectivity index (χ1n) is 5.88. The Balaban J connectivity index is 2.70. The lowest BCUT2D eigenvalue weighted by molar-refractivity contribution is 0.628. The van der Waals surface area contributed by atoms with Crippen molar-refractivity contribution in [3.8, 4) is 0 Å². The van der Waals surface area contributed by atoms with Gasteiger partial charge in [-0.2, -0.15) is 0 Å². The van der Waals surface area contributed by atoms with Gasteiger partial charge < -0.3 is 0 Å². The van der Waals surface area contributed by atoms with E-state index in [1.807, 2.05) is 0 Å². The fourth-order valence-corrected chi connectivity index (χ4v) is 3.75. The number of rotatable bonds is 5. The van der Waals surface area contributed by atoms with E-state index in [4.69, 9.17) is 35.4 Å². The minimum Gasteiger partial charge on any atom is -0.205 e. The standard InChI is InChI=1S/C13H17Cl2FSSi/c1-18(2,3)6-4-5-13(17)9-7-12(16)11(15)8-10(9)14/h7-8H,4-6H2,1-3H3. The highest BCUT2D eigenvalue weighted by atomic mass is 35.5. The molecule has 1 aromatic carbocycles. The van der Waals surface area contributed by atoms with E-state index in [1.54, 1.807) is 0 Å². The SMILES string of the molecule is C[Si](C)(C)CCCC(=S)c1cc(F)c(Cl)cc1Cl. The molecule has 0 aromatic heterocycles. The molecule has 18 heavy (non-hydrogen) atoms. The lowest BCUT2D eigenvalue weighted by Crippen LogP contribution is -2.19. The van der Waals surface area contributed by atoms with Gasteiger partial charge in [0, 0.05) is 18.5 Å². The molecule has 5 heteroatoms. The van der Waals surface area contributed by atoms with Crippen LogP contribution in [0.15, 0.2) is 12.1 Å². The van der Waals surface area contributed by atoms with E-state index in [9.17, 15) is 4.39 Å². The molecule has 0 aliphatic rings. The Morgan fingerprint density at radius 1 is 1.22 bits per heavy atom. The van der Waals surface area contributed by atoms with Gasteiger partial charge >= 0.3 is 0 Å². The summed E-state index contributed by atoms with van der Waals surface area (Å²) in [7, 11) is -1.05. The van der Waals surface area contributed by atoms with Crippen LogP contribution in [0, 0.1) is 5.82 Å². The van der Waals surface area contributed by atoms with Crippen LogP contribution in [-0.2, 0) is 0 Å². The summed E-state index contributed by atoms with van der Waals surface area (Å²) in [6, 6.07) is 3.96. The third-order valence-corrected chi connectivity index (χ3v) is 5.52. The van der Waals surface area contributed by atoms with Crippen molar-refractivity contribution in [3.05, 3.63) is 33.6 Å². The lowest BCUT2D eigenvalue weighted by atomic mass is 10.1. The molecule has 0 spiro atoms. The minimum absolute atomic E-state index is 0.0358. The summed E-state index contributed by atoms with van der Waals surface area (Å²) < 4.78 is 13.4. The van der Waals surface area contributed by atoms with E-state index >= 15 is 0 Å². The van der Waals surface area contributed by atoms with Crippen molar-refractivity contribution in [1.29, 1.82) is 0 Å². The fourth-order valence-electron chi connectivity index (χ4n) is 1.65. The predicted octanol–water partition coefficient (Wildman–Crippen LogP) is 5.97. The Morgan fingerprint density at radius 3 is 2.39 bits per heavy atom. The molecule has 0 amide bonds. The fraction of sp³-hybridized carbons (Fsp3) is 0.462. The van der Waals surface area contributed by atoms with Crippen LogP contribution in [0.1, 0.15) is 18.4 Å². The van der Waals surface area contributed by atoms with Gasteiger partial charge in [0.1, 0.15) is 5.82 Å². The molecule has 0 N–H and O–H groups in total. The first-order valence-corrected chi connectivity index (χ1v) is 10.8. The van der Waals surface area contributed by atoms with Gasteiger partial charge in [0.15, 0.2) is 0 Å². The second-order valence-corrected chi connectivity index (χ2v) is 12.5. The third-order valence-electron chi connectivity index (χ3n) is 2.64. The molecule has 0 atom stereocenters. The summed E-state index contributed by atoms with van der Waals surface area (Å²) in [6.45, 7) is 6.97. The van der Waals surface area contributed by atoms with E-state index in [-0.39, 0.29) is 5.02 Å². The summed E-state index contributed by atoms with van der Waals surface area (Å²) in [5.74, 6) is -0.469. The summed E-state index contributed by atoms with van der Waals surface area (Å²) in [5, 5.41) is 0.466. The Kier molecular flexibility index (Phi) is 5.78. The zero-order valence-corrected chi connectivity index (χ0v) is 14.1. The summed E-state index contributed by atoms with van der Waals surface area (Å²) in [5.41, 5.74) is 0.601. The largest absolute Gasteiger partial charge is 0.205 e. The molecule has 100 valence electrons. The van der Waals surface area contributed by atoms with Crippen molar-refractivity contribution in [1.82, 2.24) is 0 Å². The third kappa shape index (κ3) is 4.96. The summed E-state index contributed by atoms with van der Waals surface area (Å²) in [4.78, 5) is 0.716. The van der Waals surface area contributed by atoms with Gasteiger partial charge in [0.05, 0.1) is 10.0 Å². The first-order chi connectivity index (χ1) is 8.20. The molecule has 0 saturated heterocycles. The van der Waals surface area contributed by atoms with Crippen LogP contribution in [0.5, 0.6) is 0 Å². The zero-order chi connectivity index (χ0) is 13.9. The summed E-state index contributed by atoms with van der Waals surface area (Å²) in [6.07, 6.45) is 1.82. The monoisotopic (exact) mass is 322 g/mol. The molecule has 0 heterocycles. The Bertz CT molecular complexity index is 455. The van der Waals surface area contributed by atoms with Crippen molar-refractivity contribution in [2.75, 3.05) is 0 Å². The molecule has 0 nitrogen and oxygen atoms in total. The van der Waals surface area contributed by atoms with Gasteiger partial charge in [0.2, 0.25) is 0 Å². The lowest BCUT2D eigenvalue weighted by Gasteiger charge is -2.15. The average Bonchev–Trinajstić information content (AvgIpc) is 2.21. The molecule has 0 bridgehead atoms. The molecular formula is C13H17Cl2FSSi. The van der Waals surface area contributed by atoms with Crippen LogP contribution in [0.2, 0.25) is 35.7 Å². The normalized spacial score (nSPS) is 11.7. The highest BCUT2D eigenvalue weighted by Crippen LogP contribution is 2.26. The highest BCUT2D eigenvalue weighted by Gasteiger charge is 2.15. The highest BCUT2D eigenvalue weighted by molar-refractivity contribution is 7.80. The predicted molar refractivity (Wildman–Crippen MR) is 85.5 cm³/mol. The van der Waals surface area contributed by atoms with Crippen molar-refractivity contribution < 1.29 is 4.39 Å². The average molecular weight is 323 g/mol. The van der Waals surface area contributed by atoms with Crippen molar-refractivity contribution >= 4 is 48.4 Å². The Labute approximate surface area is 124 Å². The summed E-state index contributed by atoms with van der Waals surface area (Å²) >= 11 is 17.0. The van der Waals surface area contributed by atoms with Crippen LogP contribution in [0.3, 0.4) is 0 Å². The second-order valence-electron chi connectivity index (χ2n) is 5.58. The number of thiocarbonyl (C=S) groups is 1. The molecule has 1 aromatic rings. The number of hydrogen-bond acceptors (Lipinski definition) is 1. The quantitative estimate of drug-likeness (QED) is 0.278. The molecule has 0 radical (unpaired) electrons. The number of halogens is 3. The smallest absolute Gasteiger partial charge is 0.142 e. The van der Waals surface area contributed by atoms with Gasteiger partial charge in [-0.15, -0.1) is 0 Å². The molecular weight excluding hydrogens is 306 g/mol. The zero-order valence-electron chi connectivity index (χ0n) is 10.8. The van der Waals surface area contributed by atoms with Crippen LogP contribution < -0.4 is 0 Å². The number of benzene rings is 1. The van der Waals surface area contributed by atoms with Gasteiger partial charge in [-0.1, -0.05) is 67.5 Å². The molecule has 0 saturated carbocycles. The molecule has 0 aliphatic heterocycles. The van der Waals surface area contributed by atoms with Crippen molar-refractivity contribution in [2.24, 2.45) is 0 Å². The molecule has 0 fully saturated rings. The Morgan fingerprint density at radius 2 is 1.83 bits per heavy atom. The van der Waals surface area contributed by atoms with Gasteiger partial charge in [0.25, 0.3) is 0 Å². The van der Waals surface area contributed by atoms with Gasteiger partial charge in [-0.3, -0.25) is 0 Å². The Hall–Kier alpha value is 0.0369. The van der Waals surface area contributed by atoms with Gasteiger partial charge in [-0.05, 0) is 18.6 Å². The second kappa shape index (κ2) is 6.46. The van der Waals surface area contributed by atoms with Crippen LogP contribution in [0.4, 0.5) is 4.39 Å². The maximum absolute atomic E-state index is 13.4. The first kappa shape index (κ1) is 16.1. The van der Waals surface area contributed by atoms with Crippen LogP contribution in [-0.4, -0.2) is 12.9 Å². The van der Waals surface area contributed by atoms with E-state index < -0.39 is 13.9 Å². The van der Waals surface area contributed by atoms with Crippen molar-refractivity contribution in [2.45, 2.75) is 38.5 Å². The van der Waals surface area contributed by atoms with E-state index in [0.29, 0.717) is 15.5 Å². The maximum atomic E-state index is 13.4. The number of hydrogen-bond donors (Lipinski definition) is 0. The maximum Gasteiger partial charge on any atom is 0.142 e. The topological polar surface area (TPSA) is 0 Å². The van der Waals surface area contributed by atoms with Crippen molar-refractivity contribution in [3.63, 3.8) is 0 Å². The minimum atomic E-state index is -1.05. The van der Waals surface area contributed by atoms with Crippen LogP contribution >= 0.6 is 35.4 Å². The van der Waals surface area contributed by atoms with Gasteiger partial charge in [-0.25, -0.2) is 4.39 Å². The van der Waals surface area contributed by atoms with Crippen LogP contribution in [0.25, 0.3) is 0 Å². The van der Waals surface area contributed by atoms with E-state index in [1.165, 1.54) is 18.2 Å². The van der Waals surface area contributed by atoms with E-state index in [2.05, 4.69) is 19.6 Å².